The van der Waals surface area contributed by atoms with Gasteiger partial charge in [-0.3, -0.25) is 0 Å². The van der Waals surface area contributed by atoms with E-state index in [1.807, 2.05) is 0 Å². The Balaban J connectivity index is 1.70. The smallest absolute Gasteiger partial charge is 0.0604 e. The zero-order valence-electron chi connectivity index (χ0n) is 10.7. The fraction of sp³-hybridized carbons (Fsp3) is 1.00. The van der Waals surface area contributed by atoms with E-state index in [-0.39, 0.29) is 0 Å². The van der Waals surface area contributed by atoms with E-state index in [0.717, 1.165) is 18.7 Å². The van der Waals surface area contributed by atoms with Gasteiger partial charge in [0, 0.05) is 24.7 Å². The summed E-state index contributed by atoms with van der Waals surface area (Å²) in [6.07, 6.45) is 7.97. The minimum absolute atomic E-state index is 0.460. The minimum Gasteiger partial charge on any atom is -0.378 e. The van der Waals surface area contributed by atoms with Crippen LogP contribution in [0.25, 0.3) is 0 Å². The Kier molecular flexibility index (Phi) is 4.22. The van der Waals surface area contributed by atoms with Gasteiger partial charge >= 0.3 is 0 Å². The molecule has 0 aromatic carbocycles. The van der Waals surface area contributed by atoms with E-state index in [9.17, 15) is 0 Å². The van der Waals surface area contributed by atoms with Crippen LogP contribution in [0.2, 0.25) is 0 Å². The number of rotatable bonds is 4. The lowest BCUT2D eigenvalue weighted by atomic mass is 9.84. The molecule has 2 fully saturated rings. The van der Waals surface area contributed by atoms with Gasteiger partial charge in [-0.05, 0) is 52.5 Å². The molecule has 0 spiro atoms. The number of nitrogens with two attached hydrogens (primary N) is 1. The lowest BCUT2D eigenvalue weighted by molar-refractivity contribution is -0.0535. The predicted molar refractivity (Wildman–Crippen MR) is 66.4 cm³/mol. The number of hydrogen-bond acceptors (Lipinski definition) is 3. The van der Waals surface area contributed by atoms with Gasteiger partial charge in [-0.25, -0.2) is 0 Å². The van der Waals surface area contributed by atoms with Crippen LogP contribution in [-0.2, 0) is 4.74 Å². The average molecular weight is 226 g/mol. The normalized spacial score (nSPS) is 39.8. The van der Waals surface area contributed by atoms with Crippen molar-refractivity contribution in [2.45, 2.75) is 69.7 Å². The lowest BCUT2D eigenvalue weighted by Gasteiger charge is -2.45. The lowest BCUT2D eigenvalue weighted by Crippen LogP contribution is -2.51. The molecule has 3 nitrogen and oxygen atoms in total. The van der Waals surface area contributed by atoms with Crippen molar-refractivity contribution in [3.63, 3.8) is 0 Å². The van der Waals surface area contributed by atoms with E-state index < -0.39 is 0 Å². The highest BCUT2D eigenvalue weighted by molar-refractivity contribution is 4.91. The van der Waals surface area contributed by atoms with E-state index in [2.05, 4.69) is 18.9 Å². The van der Waals surface area contributed by atoms with Crippen LogP contribution in [-0.4, -0.2) is 42.8 Å². The molecule has 0 unspecified atom stereocenters. The Morgan fingerprint density at radius 1 is 1.12 bits per heavy atom. The molecule has 0 bridgehead atoms. The number of nitrogens with zero attached hydrogens (tertiary/aromatic N) is 1. The van der Waals surface area contributed by atoms with Crippen molar-refractivity contribution in [2.75, 3.05) is 13.7 Å². The number of hydrogen-bond donors (Lipinski definition) is 1. The molecular formula is C13H26N2O. The third-order valence-electron chi connectivity index (χ3n) is 4.37. The van der Waals surface area contributed by atoms with E-state index in [4.69, 9.17) is 10.5 Å². The van der Waals surface area contributed by atoms with Crippen molar-refractivity contribution >= 4 is 0 Å². The van der Waals surface area contributed by atoms with Crippen molar-refractivity contribution < 1.29 is 4.74 Å². The molecule has 2 aliphatic rings. The van der Waals surface area contributed by atoms with Crippen molar-refractivity contribution in [3.8, 4) is 0 Å². The quantitative estimate of drug-likeness (QED) is 0.794. The molecular weight excluding hydrogens is 200 g/mol. The maximum atomic E-state index is 5.94. The van der Waals surface area contributed by atoms with Gasteiger partial charge in [0.1, 0.15) is 0 Å². The first-order valence-electron chi connectivity index (χ1n) is 6.79. The third-order valence-corrected chi connectivity index (χ3v) is 4.37. The predicted octanol–water partition coefficient (Wildman–Crippen LogP) is 1.76. The molecule has 2 saturated carbocycles. The summed E-state index contributed by atoms with van der Waals surface area (Å²) in [5, 5.41) is 0. The summed E-state index contributed by atoms with van der Waals surface area (Å²) in [6, 6.07) is 1.99. The molecule has 94 valence electrons. The van der Waals surface area contributed by atoms with Crippen LogP contribution in [0.15, 0.2) is 0 Å². The average Bonchev–Trinajstić information content (AvgIpc) is 2.23. The first-order chi connectivity index (χ1) is 7.70. The molecule has 0 aromatic rings. The summed E-state index contributed by atoms with van der Waals surface area (Å²) in [4.78, 5) is 2.58. The Bertz CT molecular complexity index is 208. The van der Waals surface area contributed by atoms with Gasteiger partial charge in [0.05, 0.1) is 6.10 Å². The fourth-order valence-corrected chi connectivity index (χ4v) is 3.05. The molecule has 0 amide bonds. The van der Waals surface area contributed by atoms with Gasteiger partial charge in [-0.1, -0.05) is 0 Å². The third kappa shape index (κ3) is 2.76. The number of ether oxygens (including phenoxy) is 1. The Morgan fingerprint density at radius 2 is 1.75 bits per heavy atom. The van der Waals surface area contributed by atoms with Crippen LogP contribution < -0.4 is 5.73 Å². The van der Waals surface area contributed by atoms with E-state index in [0.29, 0.717) is 12.1 Å². The Labute approximate surface area is 99.3 Å². The van der Waals surface area contributed by atoms with Gasteiger partial charge in [0.25, 0.3) is 0 Å². The summed E-state index contributed by atoms with van der Waals surface area (Å²) in [5.74, 6) is 0. The first-order valence-corrected chi connectivity index (χ1v) is 6.79. The van der Waals surface area contributed by atoms with Crippen molar-refractivity contribution in [1.29, 1.82) is 0 Å². The topological polar surface area (TPSA) is 38.5 Å². The molecule has 2 N–H and O–H groups in total. The molecule has 3 heteroatoms. The largest absolute Gasteiger partial charge is 0.378 e. The zero-order valence-corrected chi connectivity index (χ0v) is 10.7. The Morgan fingerprint density at radius 3 is 2.31 bits per heavy atom. The molecule has 0 aromatic heterocycles. The summed E-state index contributed by atoms with van der Waals surface area (Å²) in [6.45, 7) is 2.94. The molecule has 0 saturated heterocycles. The minimum atomic E-state index is 0.460. The summed E-state index contributed by atoms with van der Waals surface area (Å²) in [5.41, 5.74) is 5.94. The first kappa shape index (κ1) is 12.3. The molecule has 0 heterocycles. The molecule has 2 rings (SSSR count). The van der Waals surface area contributed by atoms with Gasteiger partial charge in [-0.15, -0.1) is 0 Å². The maximum Gasteiger partial charge on any atom is 0.0604 e. The van der Waals surface area contributed by atoms with Gasteiger partial charge in [0.2, 0.25) is 0 Å². The summed E-state index contributed by atoms with van der Waals surface area (Å²) >= 11 is 0. The maximum absolute atomic E-state index is 5.94. The van der Waals surface area contributed by atoms with Gasteiger partial charge in [0.15, 0.2) is 0 Å². The fourth-order valence-electron chi connectivity index (χ4n) is 3.05. The van der Waals surface area contributed by atoms with Crippen molar-refractivity contribution in [3.05, 3.63) is 0 Å². The standard InChI is InChI=1S/C13H26N2O/c1-3-16-13-8-12(9-13)15(2)11-6-4-10(14)5-7-11/h10-13H,3-9,14H2,1-2H3. The highest BCUT2D eigenvalue weighted by Crippen LogP contribution is 2.32. The zero-order chi connectivity index (χ0) is 11.5. The molecule has 0 aliphatic heterocycles. The summed E-state index contributed by atoms with van der Waals surface area (Å²) < 4.78 is 5.62. The van der Waals surface area contributed by atoms with Gasteiger partial charge in [-0.2, -0.15) is 0 Å². The van der Waals surface area contributed by atoms with E-state index in [1.165, 1.54) is 38.5 Å². The van der Waals surface area contributed by atoms with Crippen LogP contribution >= 0.6 is 0 Å². The molecule has 16 heavy (non-hydrogen) atoms. The van der Waals surface area contributed by atoms with Crippen molar-refractivity contribution in [2.24, 2.45) is 5.73 Å². The SMILES string of the molecule is CCOC1CC(N(C)C2CCC(N)CC2)C1. The van der Waals surface area contributed by atoms with Crippen molar-refractivity contribution in [1.82, 2.24) is 4.90 Å². The van der Waals surface area contributed by atoms with Crippen LogP contribution in [0.3, 0.4) is 0 Å². The second-order valence-electron chi connectivity index (χ2n) is 5.44. The van der Waals surface area contributed by atoms with E-state index >= 15 is 0 Å². The highest BCUT2D eigenvalue weighted by atomic mass is 16.5. The monoisotopic (exact) mass is 226 g/mol. The van der Waals surface area contributed by atoms with Crippen LogP contribution in [0, 0.1) is 0 Å². The second kappa shape index (κ2) is 5.48. The highest BCUT2D eigenvalue weighted by Gasteiger charge is 2.35. The van der Waals surface area contributed by atoms with Crippen LogP contribution in [0.1, 0.15) is 45.4 Å². The molecule has 2 aliphatic carbocycles. The molecule has 0 atom stereocenters. The summed E-state index contributed by atoms with van der Waals surface area (Å²) in [7, 11) is 2.29. The Hall–Kier alpha value is -0.120. The van der Waals surface area contributed by atoms with Crippen LogP contribution in [0.5, 0.6) is 0 Å². The molecule has 0 radical (unpaired) electrons. The van der Waals surface area contributed by atoms with Crippen LogP contribution in [0.4, 0.5) is 0 Å². The van der Waals surface area contributed by atoms with E-state index in [1.54, 1.807) is 0 Å². The van der Waals surface area contributed by atoms with Gasteiger partial charge < -0.3 is 15.4 Å². The second-order valence-corrected chi connectivity index (χ2v) is 5.44.